The van der Waals surface area contributed by atoms with Gasteiger partial charge >= 0.3 is 0 Å². The van der Waals surface area contributed by atoms with E-state index in [9.17, 15) is 19.2 Å². The van der Waals surface area contributed by atoms with Gasteiger partial charge in [-0.25, -0.2) is 4.39 Å². The number of likely N-dealkylation sites (tertiary alicyclic amines) is 1. The number of amides is 1. The van der Waals surface area contributed by atoms with Crippen molar-refractivity contribution in [1.29, 1.82) is 5.26 Å². The normalized spacial score (nSPS) is 35.0. The molecule has 43 heavy (non-hydrogen) atoms. The van der Waals surface area contributed by atoms with E-state index in [0.29, 0.717) is 51.7 Å². The van der Waals surface area contributed by atoms with Gasteiger partial charge in [0.05, 0.1) is 42.8 Å². The first-order valence-corrected chi connectivity index (χ1v) is 15.6. The van der Waals surface area contributed by atoms with Crippen molar-refractivity contribution >= 4 is 17.4 Å². The van der Waals surface area contributed by atoms with Crippen molar-refractivity contribution in [3.63, 3.8) is 0 Å². The summed E-state index contributed by atoms with van der Waals surface area (Å²) >= 11 is 0. The number of anilines is 1. The van der Waals surface area contributed by atoms with Crippen LogP contribution < -0.4 is 15.5 Å². The molecule has 6 rings (SSSR count). The molecule has 0 bridgehead atoms. The van der Waals surface area contributed by atoms with E-state index < -0.39 is 17.8 Å². The summed E-state index contributed by atoms with van der Waals surface area (Å²) in [4.78, 5) is 35.6. The van der Waals surface area contributed by atoms with Gasteiger partial charge in [0.25, 0.3) is 0 Å². The number of likely N-dealkylation sites (N-methyl/N-ethyl adjacent to an activating group) is 1. The summed E-state index contributed by atoms with van der Waals surface area (Å²) < 4.78 is 20.7. The molecule has 1 saturated carbocycles. The Bertz CT molecular complexity index is 1290. The molecular weight excluding hydrogens is 549 g/mol. The van der Waals surface area contributed by atoms with Crippen LogP contribution >= 0.6 is 0 Å². The molecule has 1 aromatic carbocycles. The first-order valence-electron chi connectivity index (χ1n) is 15.6. The lowest BCUT2D eigenvalue weighted by atomic mass is 9.61. The fourth-order valence-corrected chi connectivity index (χ4v) is 8.34. The van der Waals surface area contributed by atoms with Crippen molar-refractivity contribution in [1.82, 2.24) is 25.3 Å². The Morgan fingerprint density at radius 3 is 2.81 bits per heavy atom. The second kappa shape index (κ2) is 12.3. The monoisotopic (exact) mass is 593 g/mol. The van der Waals surface area contributed by atoms with Crippen LogP contribution in [0.4, 0.5) is 10.1 Å². The predicted octanol–water partition coefficient (Wildman–Crippen LogP) is 1.68. The standard InChI is InChI=1S/C32H44FN7O3/c1-4-27(41)40-15-14-39(18-23(40)10-12-34)30-25-9-11-32(17-21-16-22(33)7-8-26(21)38(3)20-32)29(42)28(25)35-31(36-30)43-19-24-6-5-13-37(24)2/h4,7-8,16,23-25,28,30-31,35-36H,1,5-6,9-11,13-15,17-20H2,2-3H3/t23?,24?,25?,28?,30?,31?,32-/m1/s1. The molecule has 7 atom stereocenters. The minimum absolute atomic E-state index is 0.0178. The van der Waals surface area contributed by atoms with E-state index in [2.05, 4.69) is 45.0 Å². The third-order valence-electron chi connectivity index (χ3n) is 10.6. The summed E-state index contributed by atoms with van der Waals surface area (Å²) in [5, 5.41) is 16.8. The summed E-state index contributed by atoms with van der Waals surface area (Å²) in [7, 11) is 4.11. The number of nitrogens with zero attached hydrogens (tertiary/aromatic N) is 5. The molecule has 4 fully saturated rings. The smallest absolute Gasteiger partial charge is 0.246 e. The highest BCUT2D eigenvalue weighted by Gasteiger charge is 2.56. The van der Waals surface area contributed by atoms with Gasteiger partial charge in [-0.05, 0) is 75.5 Å². The molecule has 10 nitrogen and oxygen atoms in total. The van der Waals surface area contributed by atoms with Gasteiger partial charge in [0.2, 0.25) is 5.91 Å². The van der Waals surface area contributed by atoms with E-state index in [1.807, 2.05) is 13.1 Å². The topological polar surface area (TPSA) is 104 Å². The number of carbonyl (C=O) groups is 2. The van der Waals surface area contributed by atoms with E-state index in [0.717, 1.165) is 37.1 Å². The lowest BCUT2D eigenvalue weighted by molar-refractivity contribution is -0.152. The molecule has 6 unspecified atom stereocenters. The van der Waals surface area contributed by atoms with Gasteiger partial charge in [0.15, 0.2) is 12.1 Å². The average molecular weight is 594 g/mol. The number of rotatable bonds is 6. The third kappa shape index (κ3) is 5.71. The quantitative estimate of drug-likeness (QED) is 0.477. The molecule has 2 N–H and O–H groups in total. The number of nitrogens with one attached hydrogen (secondary N) is 2. The zero-order chi connectivity index (χ0) is 30.3. The fourth-order valence-electron chi connectivity index (χ4n) is 8.34. The molecule has 11 heteroatoms. The molecule has 1 spiro atoms. The highest BCUT2D eigenvalue weighted by molar-refractivity contribution is 5.93. The van der Waals surface area contributed by atoms with Crippen LogP contribution in [0.15, 0.2) is 30.9 Å². The maximum atomic E-state index is 14.6. The molecule has 4 heterocycles. The van der Waals surface area contributed by atoms with Crippen LogP contribution in [0.1, 0.15) is 37.7 Å². The largest absolute Gasteiger partial charge is 0.373 e. The number of benzene rings is 1. The minimum Gasteiger partial charge on any atom is -0.373 e. The average Bonchev–Trinajstić information content (AvgIpc) is 3.41. The van der Waals surface area contributed by atoms with Crippen LogP contribution in [0.3, 0.4) is 0 Å². The summed E-state index contributed by atoms with van der Waals surface area (Å²) in [5.74, 6) is -0.295. The second-order valence-corrected chi connectivity index (χ2v) is 13.1. The maximum absolute atomic E-state index is 14.6. The highest BCUT2D eigenvalue weighted by Crippen LogP contribution is 2.47. The third-order valence-corrected chi connectivity index (χ3v) is 10.6. The Balaban J connectivity index is 1.26. The number of ketones is 1. The van der Waals surface area contributed by atoms with Gasteiger partial charge in [-0.2, -0.15) is 5.26 Å². The van der Waals surface area contributed by atoms with E-state index in [-0.39, 0.29) is 42.1 Å². The number of halogens is 1. The van der Waals surface area contributed by atoms with E-state index in [1.165, 1.54) is 12.1 Å². The Labute approximate surface area is 253 Å². The number of fused-ring (bicyclic) bond motifs is 2. The molecule has 5 aliphatic rings. The van der Waals surface area contributed by atoms with Crippen LogP contribution in [0.5, 0.6) is 0 Å². The van der Waals surface area contributed by atoms with Crippen LogP contribution in [0.2, 0.25) is 0 Å². The molecular formula is C32H44FN7O3. The number of nitriles is 1. The van der Waals surface area contributed by atoms with Crippen LogP contribution in [-0.4, -0.2) is 110 Å². The second-order valence-electron chi connectivity index (χ2n) is 13.1. The molecule has 232 valence electrons. The Kier molecular flexibility index (Phi) is 8.59. The Morgan fingerprint density at radius 2 is 2.07 bits per heavy atom. The van der Waals surface area contributed by atoms with Crippen molar-refractivity contribution in [2.24, 2.45) is 11.3 Å². The highest BCUT2D eigenvalue weighted by atomic mass is 19.1. The van der Waals surface area contributed by atoms with E-state index >= 15 is 0 Å². The number of hydrogen-bond acceptors (Lipinski definition) is 9. The lowest BCUT2D eigenvalue weighted by Gasteiger charge is -2.55. The fraction of sp³-hybridized carbons (Fsp3) is 0.656. The van der Waals surface area contributed by atoms with E-state index in [4.69, 9.17) is 4.74 Å². The zero-order valence-electron chi connectivity index (χ0n) is 25.3. The van der Waals surface area contributed by atoms with Gasteiger partial charge in [-0.3, -0.25) is 25.1 Å². The Morgan fingerprint density at radius 1 is 1.23 bits per heavy atom. The number of ether oxygens (including phenoxy) is 1. The maximum Gasteiger partial charge on any atom is 0.246 e. The van der Waals surface area contributed by atoms with E-state index in [1.54, 1.807) is 11.0 Å². The van der Waals surface area contributed by atoms with Gasteiger partial charge < -0.3 is 19.4 Å². The van der Waals surface area contributed by atoms with Crippen LogP contribution in [0, 0.1) is 28.5 Å². The molecule has 0 radical (unpaired) electrons. The van der Waals surface area contributed by atoms with Crippen LogP contribution in [0.25, 0.3) is 0 Å². The first-order chi connectivity index (χ1) is 20.7. The predicted molar refractivity (Wildman–Crippen MR) is 160 cm³/mol. The van der Waals surface area contributed by atoms with Crippen molar-refractivity contribution < 1.29 is 18.7 Å². The van der Waals surface area contributed by atoms with Crippen molar-refractivity contribution in [3.05, 3.63) is 42.2 Å². The van der Waals surface area contributed by atoms with Crippen LogP contribution in [-0.2, 0) is 20.7 Å². The Hall–Kier alpha value is -2.88. The summed E-state index contributed by atoms with van der Waals surface area (Å²) in [5.41, 5.74) is 1.25. The molecule has 1 amide bonds. The number of hydrogen-bond donors (Lipinski definition) is 2. The van der Waals surface area contributed by atoms with Gasteiger partial charge in [-0.15, -0.1) is 0 Å². The summed E-state index contributed by atoms with van der Waals surface area (Å²) in [6.45, 7) is 7.49. The lowest BCUT2D eigenvalue weighted by Crippen LogP contribution is -2.75. The molecule has 1 aromatic rings. The van der Waals surface area contributed by atoms with Crippen molar-refractivity contribution in [2.45, 2.75) is 69.2 Å². The first kappa shape index (κ1) is 30.2. The van der Waals surface area contributed by atoms with Gasteiger partial charge in [0, 0.05) is 50.9 Å². The van der Waals surface area contributed by atoms with Crippen molar-refractivity contribution in [2.75, 3.05) is 58.3 Å². The summed E-state index contributed by atoms with van der Waals surface area (Å²) in [6.07, 6.45) is 5.14. The molecule has 3 saturated heterocycles. The number of piperazine rings is 1. The van der Waals surface area contributed by atoms with Gasteiger partial charge in [-0.1, -0.05) is 6.58 Å². The summed E-state index contributed by atoms with van der Waals surface area (Å²) in [6, 6.07) is 6.77. The molecule has 1 aliphatic carbocycles. The molecule has 4 aliphatic heterocycles. The SMILES string of the molecule is C=CC(=O)N1CCN(C2NC(OCC3CCCN3C)NC3C(=O)[C@]4(CCC32)Cc2cc(F)ccc2N(C)C4)CC1CC#N. The minimum atomic E-state index is -0.611. The zero-order valence-corrected chi connectivity index (χ0v) is 25.3. The van der Waals surface area contributed by atoms with Crippen molar-refractivity contribution in [3.8, 4) is 6.07 Å². The molecule has 0 aromatic heterocycles. The number of carbonyl (C=O) groups excluding carboxylic acids is 2. The van der Waals surface area contributed by atoms with Gasteiger partial charge in [0.1, 0.15) is 5.82 Å². The number of Topliss-reactive ketones (excluding diaryl/α,β-unsaturated/α-hetero) is 1.